The van der Waals surface area contributed by atoms with Gasteiger partial charge in [0.1, 0.15) is 0 Å². The first kappa shape index (κ1) is 5.70. The Balaban J connectivity index is 2.47. The van der Waals surface area contributed by atoms with E-state index in [0.717, 1.165) is 0 Å². The molecular weight excluding hydrogens is 182 g/mol. The van der Waals surface area contributed by atoms with E-state index in [4.69, 9.17) is 4.11 Å². The lowest BCUT2D eigenvalue weighted by Crippen LogP contribution is -2.33. The average Bonchev–Trinajstić information content (AvgIpc) is 2.51. The number of carbonyl (C=O) groups excluding carboxylic acids is 3. The molecule has 0 aliphatic carbocycles. The summed E-state index contributed by atoms with van der Waals surface area (Å²) in [5.74, 6) is -3.23. The molecule has 0 saturated heterocycles. The second kappa shape index (κ2) is 2.77. The molecule has 0 N–H and O–H groups in total. The first-order valence-electron chi connectivity index (χ1n) is 5.36. The molecule has 1 heterocycles. The molecule has 1 aromatic carbocycles. The van der Waals surface area contributed by atoms with Crippen molar-refractivity contribution in [3.8, 4) is 0 Å². The van der Waals surface area contributed by atoms with E-state index in [1.54, 1.807) is 0 Å². The number of hydrogen-bond acceptors (Lipinski definition) is 3. The highest BCUT2D eigenvalue weighted by Gasteiger charge is 2.37. The van der Waals surface area contributed by atoms with Crippen molar-refractivity contribution in [3.05, 3.63) is 35.4 Å². The highest BCUT2D eigenvalue weighted by molar-refractivity contribution is 6.28. The second-order valence-electron chi connectivity index (χ2n) is 2.80. The van der Waals surface area contributed by atoms with Crippen LogP contribution in [0.5, 0.6) is 0 Å². The second-order valence-corrected chi connectivity index (χ2v) is 2.80. The topological polar surface area (TPSA) is 54.5 Å². The van der Waals surface area contributed by atoms with Crippen LogP contribution in [0.3, 0.4) is 0 Å². The summed E-state index contributed by atoms with van der Waals surface area (Å²) in [4.78, 5) is 35.1. The molecule has 1 aromatic rings. The Bertz CT molecular complexity index is 501. The van der Waals surface area contributed by atoms with Gasteiger partial charge in [0.2, 0.25) is 5.91 Å². The molecule has 1 aliphatic heterocycles. The molecule has 0 bridgehead atoms. The molecule has 70 valence electrons. The normalized spacial score (nSPS) is 18.6. The van der Waals surface area contributed by atoms with E-state index < -0.39 is 24.6 Å². The fraction of sp³-hybridized carbons (Fsp3) is 0.100. The van der Waals surface area contributed by atoms with Gasteiger partial charge in [-0.25, -0.2) is 4.90 Å². The minimum Gasteiger partial charge on any atom is -0.274 e. The lowest BCUT2D eigenvalue weighted by Gasteiger charge is -2.06. The van der Waals surface area contributed by atoms with E-state index in [9.17, 15) is 14.4 Å². The first-order chi connectivity index (χ1) is 7.84. The molecule has 0 unspecified atom stereocenters. The molecule has 0 saturated carbocycles. The third-order valence-corrected chi connectivity index (χ3v) is 2.00. The van der Waals surface area contributed by atoms with Gasteiger partial charge in [0.25, 0.3) is 11.8 Å². The summed E-state index contributed by atoms with van der Waals surface area (Å²) < 4.78 is 20.8. The fourth-order valence-electron chi connectivity index (χ4n) is 1.37. The van der Waals surface area contributed by atoms with Crippen LogP contribution in [0.4, 0.5) is 0 Å². The summed E-state index contributed by atoms with van der Waals surface area (Å²) in [6, 6.07) is 5.82. The first-order valence-corrected chi connectivity index (χ1v) is 3.86. The number of benzene rings is 1. The number of rotatable bonds is 0. The van der Waals surface area contributed by atoms with Crippen molar-refractivity contribution >= 4 is 17.7 Å². The van der Waals surface area contributed by atoms with Crippen LogP contribution in [0.15, 0.2) is 24.3 Å². The SMILES string of the molecule is [2H]C([2H])([2H])C(=O)N1C(=O)c2ccccc2C1=O. The van der Waals surface area contributed by atoms with Crippen molar-refractivity contribution in [3.63, 3.8) is 0 Å². The van der Waals surface area contributed by atoms with Crippen LogP contribution in [0.1, 0.15) is 31.7 Å². The predicted molar refractivity (Wildman–Crippen MR) is 47.6 cm³/mol. The minimum atomic E-state index is -3.01. The number of amides is 3. The zero-order valence-electron chi connectivity index (χ0n) is 9.98. The van der Waals surface area contributed by atoms with Crippen LogP contribution in [-0.4, -0.2) is 22.6 Å². The summed E-state index contributed by atoms with van der Waals surface area (Å²) in [5.41, 5.74) is 0.102. The van der Waals surface area contributed by atoms with Gasteiger partial charge in [-0.05, 0) is 12.1 Å². The third-order valence-electron chi connectivity index (χ3n) is 2.00. The third kappa shape index (κ3) is 0.970. The van der Waals surface area contributed by atoms with E-state index >= 15 is 0 Å². The Morgan fingerprint density at radius 1 is 1.21 bits per heavy atom. The number of carbonyl (C=O) groups is 3. The summed E-state index contributed by atoms with van der Waals surface area (Å²) in [6.45, 7) is -3.01. The van der Waals surface area contributed by atoms with Crippen LogP contribution >= 0.6 is 0 Å². The van der Waals surface area contributed by atoms with Crippen molar-refractivity contribution in [2.24, 2.45) is 0 Å². The highest BCUT2D eigenvalue weighted by atomic mass is 16.2. The number of imide groups is 3. The van der Waals surface area contributed by atoms with E-state index in [2.05, 4.69) is 0 Å². The summed E-state index contributed by atoms with van der Waals surface area (Å²) in [5, 5.41) is 0. The smallest absolute Gasteiger partial charge is 0.268 e. The lowest BCUT2D eigenvalue weighted by atomic mass is 10.1. The quantitative estimate of drug-likeness (QED) is 0.572. The average molecular weight is 192 g/mol. The molecular formula is C10H7NO3. The minimum absolute atomic E-state index is 0.0510. The van der Waals surface area contributed by atoms with Gasteiger partial charge in [-0.2, -0.15) is 0 Å². The lowest BCUT2D eigenvalue weighted by molar-refractivity contribution is -0.124. The summed E-state index contributed by atoms with van der Waals surface area (Å²) >= 11 is 0. The summed E-state index contributed by atoms with van der Waals surface area (Å²) in [6.07, 6.45) is 0. The van der Waals surface area contributed by atoms with Gasteiger partial charge in [0.15, 0.2) is 0 Å². The zero-order valence-corrected chi connectivity index (χ0v) is 6.98. The molecule has 0 radical (unpaired) electrons. The van der Waals surface area contributed by atoms with E-state index in [0.29, 0.717) is 0 Å². The number of hydrogen-bond donors (Lipinski definition) is 0. The molecule has 0 aromatic heterocycles. The van der Waals surface area contributed by atoms with Gasteiger partial charge >= 0.3 is 0 Å². The van der Waals surface area contributed by atoms with Crippen molar-refractivity contribution in [1.82, 2.24) is 4.90 Å². The Kier molecular flexibility index (Phi) is 1.13. The fourth-order valence-corrected chi connectivity index (χ4v) is 1.37. The Labute approximate surface area is 84.3 Å². The molecule has 3 amide bonds. The van der Waals surface area contributed by atoms with Gasteiger partial charge in [0, 0.05) is 11.0 Å². The zero-order chi connectivity index (χ0) is 12.8. The molecule has 0 atom stereocenters. The largest absolute Gasteiger partial charge is 0.274 e. The molecule has 4 heteroatoms. The maximum absolute atomic E-state index is 11.7. The van der Waals surface area contributed by atoms with Crippen molar-refractivity contribution in [1.29, 1.82) is 0 Å². The molecule has 0 spiro atoms. The Morgan fingerprint density at radius 3 is 2.14 bits per heavy atom. The molecule has 2 rings (SSSR count). The van der Waals surface area contributed by atoms with Crippen molar-refractivity contribution < 1.29 is 18.5 Å². The van der Waals surface area contributed by atoms with E-state index in [1.807, 2.05) is 0 Å². The van der Waals surface area contributed by atoms with E-state index in [-0.39, 0.29) is 16.0 Å². The molecule has 0 fully saturated rings. The Hall–Kier alpha value is -1.97. The molecule has 14 heavy (non-hydrogen) atoms. The summed E-state index contributed by atoms with van der Waals surface area (Å²) in [7, 11) is 0. The van der Waals surface area contributed by atoms with Gasteiger partial charge in [-0.15, -0.1) is 0 Å². The van der Waals surface area contributed by atoms with Crippen molar-refractivity contribution in [2.45, 2.75) is 6.85 Å². The number of nitrogens with zero attached hydrogens (tertiary/aromatic N) is 1. The van der Waals surface area contributed by atoms with E-state index in [1.165, 1.54) is 24.3 Å². The van der Waals surface area contributed by atoms with Gasteiger partial charge in [-0.3, -0.25) is 14.4 Å². The van der Waals surface area contributed by atoms with Crippen molar-refractivity contribution in [2.75, 3.05) is 0 Å². The monoisotopic (exact) mass is 192 g/mol. The van der Waals surface area contributed by atoms with Crippen LogP contribution in [-0.2, 0) is 4.79 Å². The van der Waals surface area contributed by atoms with Crippen LogP contribution in [0.2, 0.25) is 0 Å². The highest BCUT2D eigenvalue weighted by Crippen LogP contribution is 2.21. The van der Waals surface area contributed by atoms with Crippen LogP contribution in [0, 0.1) is 0 Å². The Morgan fingerprint density at radius 2 is 1.71 bits per heavy atom. The number of fused-ring (bicyclic) bond motifs is 1. The maximum atomic E-state index is 11.7. The maximum Gasteiger partial charge on any atom is 0.268 e. The van der Waals surface area contributed by atoms with Gasteiger partial charge in [-0.1, -0.05) is 12.1 Å². The van der Waals surface area contributed by atoms with Gasteiger partial charge in [0.05, 0.1) is 11.1 Å². The predicted octanol–water partition coefficient (Wildman–Crippen LogP) is 0.829. The standard InChI is InChI=1S/C10H7NO3/c1-6(12)11-9(13)7-4-2-3-5-8(7)10(11)14/h2-5H,1H3/i1D3. The van der Waals surface area contributed by atoms with Gasteiger partial charge < -0.3 is 0 Å². The molecule has 4 nitrogen and oxygen atoms in total. The van der Waals surface area contributed by atoms with Crippen LogP contribution in [0.25, 0.3) is 0 Å². The molecule has 1 aliphatic rings. The van der Waals surface area contributed by atoms with Crippen LogP contribution < -0.4 is 0 Å².